The van der Waals surface area contributed by atoms with Crippen LogP contribution in [0.2, 0.25) is 0 Å². The van der Waals surface area contributed by atoms with Gasteiger partial charge < -0.3 is 15.6 Å². The van der Waals surface area contributed by atoms with Crippen molar-refractivity contribution in [2.24, 2.45) is 11.7 Å². The molecule has 17 heavy (non-hydrogen) atoms. The molecule has 1 aromatic heterocycles. The molecule has 4 heteroatoms. The summed E-state index contributed by atoms with van der Waals surface area (Å²) in [4.78, 5) is 11.5. The van der Waals surface area contributed by atoms with Crippen molar-refractivity contribution in [2.45, 2.75) is 38.8 Å². The van der Waals surface area contributed by atoms with E-state index in [4.69, 9.17) is 5.73 Å². The molecule has 0 aliphatic heterocycles. The van der Waals surface area contributed by atoms with Crippen molar-refractivity contribution in [1.82, 2.24) is 4.57 Å². The first kappa shape index (κ1) is 12.2. The third-order valence-corrected chi connectivity index (χ3v) is 3.64. The Morgan fingerprint density at radius 1 is 1.47 bits per heavy atom. The largest absolute Gasteiger partial charge is 0.381 e. The van der Waals surface area contributed by atoms with Gasteiger partial charge in [-0.15, -0.1) is 0 Å². The lowest BCUT2D eigenvalue weighted by Crippen LogP contribution is -2.30. The van der Waals surface area contributed by atoms with E-state index in [0.717, 1.165) is 12.2 Å². The average molecular weight is 235 g/mol. The summed E-state index contributed by atoms with van der Waals surface area (Å²) < 4.78 is 1.72. The van der Waals surface area contributed by atoms with Gasteiger partial charge in [0.1, 0.15) is 0 Å². The number of hydrogen-bond acceptors (Lipinski definition) is 3. The molecule has 0 aromatic carbocycles. The van der Waals surface area contributed by atoms with Crippen molar-refractivity contribution in [2.75, 3.05) is 11.9 Å². The maximum absolute atomic E-state index is 11.5. The molecule has 0 saturated heterocycles. The van der Waals surface area contributed by atoms with Gasteiger partial charge in [-0.2, -0.15) is 0 Å². The Morgan fingerprint density at radius 3 is 3.00 bits per heavy atom. The molecule has 1 aromatic rings. The molecule has 0 radical (unpaired) electrons. The Kier molecular flexibility index (Phi) is 3.84. The van der Waals surface area contributed by atoms with Gasteiger partial charge in [0.05, 0.1) is 5.69 Å². The molecule has 2 rings (SSSR count). The first-order chi connectivity index (χ1) is 8.24. The Bertz CT molecular complexity index is 427. The summed E-state index contributed by atoms with van der Waals surface area (Å²) in [5.41, 5.74) is 6.84. The fourth-order valence-electron chi connectivity index (χ4n) is 2.59. The second-order valence-electron chi connectivity index (χ2n) is 4.72. The number of nitrogens with two attached hydrogens (primary N) is 1. The van der Waals surface area contributed by atoms with Crippen LogP contribution in [0.25, 0.3) is 0 Å². The summed E-state index contributed by atoms with van der Waals surface area (Å²) in [5.74, 6) is 0.567. The number of nitrogens with zero attached hydrogens (tertiary/aromatic N) is 1. The van der Waals surface area contributed by atoms with E-state index in [2.05, 4.69) is 5.32 Å². The highest BCUT2D eigenvalue weighted by atomic mass is 16.1. The molecule has 4 nitrogen and oxygen atoms in total. The third-order valence-electron chi connectivity index (χ3n) is 3.64. The predicted octanol–water partition coefficient (Wildman–Crippen LogP) is 1.41. The number of rotatable bonds is 4. The molecule has 0 amide bonds. The van der Waals surface area contributed by atoms with Gasteiger partial charge in [-0.05, 0) is 38.3 Å². The molecular formula is C13H21N3O. The van der Waals surface area contributed by atoms with E-state index in [1.165, 1.54) is 19.3 Å². The van der Waals surface area contributed by atoms with Gasteiger partial charge in [0.25, 0.3) is 5.56 Å². The van der Waals surface area contributed by atoms with Crippen molar-refractivity contribution in [1.29, 1.82) is 0 Å². The monoisotopic (exact) mass is 235 g/mol. The second-order valence-corrected chi connectivity index (χ2v) is 4.72. The van der Waals surface area contributed by atoms with Crippen LogP contribution in [0.3, 0.4) is 0 Å². The minimum Gasteiger partial charge on any atom is -0.381 e. The third kappa shape index (κ3) is 2.69. The van der Waals surface area contributed by atoms with Crippen LogP contribution in [0.15, 0.2) is 23.1 Å². The highest BCUT2D eigenvalue weighted by Crippen LogP contribution is 2.27. The molecule has 1 fully saturated rings. The van der Waals surface area contributed by atoms with Gasteiger partial charge in [-0.1, -0.05) is 6.42 Å². The standard InChI is InChI=1S/C13H21N3O/c1-2-16-9-11(6-7-13(16)17)15-12-5-3-4-10(12)8-14/h6-7,9-10,12,15H,2-5,8,14H2,1H3. The van der Waals surface area contributed by atoms with Gasteiger partial charge in [0, 0.05) is 24.8 Å². The van der Waals surface area contributed by atoms with Gasteiger partial charge in [0.15, 0.2) is 0 Å². The minimum absolute atomic E-state index is 0.0554. The van der Waals surface area contributed by atoms with Crippen LogP contribution in [0.4, 0.5) is 5.69 Å². The SMILES string of the molecule is CCn1cc(NC2CCCC2CN)ccc1=O. The van der Waals surface area contributed by atoms with Crippen LogP contribution in [-0.4, -0.2) is 17.2 Å². The molecule has 3 N–H and O–H groups in total. The Balaban J connectivity index is 2.10. The summed E-state index contributed by atoms with van der Waals surface area (Å²) in [6, 6.07) is 3.95. The number of hydrogen-bond donors (Lipinski definition) is 2. The highest BCUT2D eigenvalue weighted by molar-refractivity contribution is 5.41. The van der Waals surface area contributed by atoms with Crippen molar-refractivity contribution < 1.29 is 0 Å². The smallest absolute Gasteiger partial charge is 0.250 e. The van der Waals surface area contributed by atoms with Gasteiger partial charge >= 0.3 is 0 Å². The van der Waals surface area contributed by atoms with E-state index in [1.807, 2.05) is 19.2 Å². The number of pyridine rings is 1. The molecule has 1 aliphatic carbocycles. The number of nitrogens with one attached hydrogen (secondary N) is 1. The summed E-state index contributed by atoms with van der Waals surface area (Å²) in [7, 11) is 0. The molecule has 1 aliphatic rings. The summed E-state index contributed by atoms with van der Waals surface area (Å²) in [6.07, 6.45) is 5.52. The first-order valence-corrected chi connectivity index (χ1v) is 6.41. The molecular weight excluding hydrogens is 214 g/mol. The quantitative estimate of drug-likeness (QED) is 0.829. The normalized spacial score (nSPS) is 23.9. The van der Waals surface area contributed by atoms with Crippen LogP contribution in [0.5, 0.6) is 0 Å². The fraction of sp³-hybridized carbons (Fsp3) is 0.615. The predicted molar refractivity (Wildman–Crippen MR) is 70.2 cm³/mol. The summed E-state index contributed by atoms with van der Waals surface area (Å²) >= 11 is 0. The maximum Gasteiger partial charge on any atom is 0.250 e. The molecule has 0 bridgehead atoms. The van der Waals surface area contributed by atoms with Crippen molar-refractivity contribution in [3.63, 3.8) is 0 Å². The number of anilines is 1. The lowest BCUT2D eigenvalue weighted by molar-refractivity contribution is 0.516. The van der Waals surface area contributed by atoms with Crippen LogP contribution in [0, 0.1) is 5.92 Å². The van der Waals surface area contributed by atoms with E-state index < -0.39 is 0 Å². The van der Waals surface area contributed by atoms with E-state index >= 15 is 0 Å². The van der Waals surface area contributed by atoms with Crippen molar-refractivity contribution in [3.05, 3.63) is 28.7 Å². The zero-order chi connectivity index (χ0) is 12.3. The molecule has 1 heterocycles. The molecule has 0 spiro atoms. The van der Waals surface area contributed by atoms with Crippen LogP contribution in [0.1, 0.15) is 26.2 Å². The van der Waals surface area contributed by atoms with E-state index in [1.54, 1.807) is 10.6 Å². The fourth-order valence-corrected chi connectivity index (χ4v) is 2.59. The molecule has 94 valence electrons. The Hall–Kier alpha value is -1.29. The maximum atomic E-state index is 11.5. The minimum atomic E-state index is 0.0554. The lowest BCUT2D eigenvalue weighted by atomic mass is 10.0. The number of aryl methyl sites for hydroxylation is 1. The van der Waals surface area contributed by atoms with Gasteiger partial charge in [0.2, 0.25) is 0 Å². The van der Waals surface area contributed by atoms with E-state index in [-0.39, 0.29) is 5.56 Å². The summed E-state index contributed by atoms with van der Waals surface area (Å²) in [5, 5.41) is 3.50. The van der Waals surface area contributed by atoms with Crippen LogP contribution in [-0.2, 0) is 6.54 Å². The van der Waals surface area contributed by atoms with Gasteiger partial charge in [-0.3, -0.25) is 4.79 Å². The van der Waals surface area contributed by atoms with E-state index in [0.29, 0.717) is 18.5 Å². The van der Waals surface area contributed by atoms with Crippen LogP contribution >= 0.6 is 0 Å². The first-order valence-electron chi connectivity index (χ1n) is 6.41. The van der Waals surface area contributed by atoms with Crippen LogP contribution < -0.4 is 16.6 Å². The molecule has 1 saturated carbocycles. The average Bonchev–Trinajstić information content (AvgIpc) is 2.79. The van der Waals surface area contributed by atoms with E-state index in [9.17, 15) is 4.79 Å². The highest BCUT2D eigenvalue weighted by Gasteiger charge is 2.25. The zero-order valence-corrected chi connectivity index (χ0v) is 10.4. The topological polar surface area (TPSA) is 60.1 Å². The van der Waals surface area contributed by atoms with Gasteiger partial charge in [-0.25, -0.2) is 0 Å². The van der Waals surface area contributed by atoms with Crippen molar-refractivity contribution in [3.8, 4) is 0 Å². The lowest BCUT2D eigenvalue weighted by Gasteiger charge is -2.21. The molecule has 2 atom stereocenters. The zero-order valence-electron chi connectivity index (χ0n) is 10.4. The van der Waals surface area contributed by atoms with Crippen molar-refractivity contribution >= 4 is 5.69 Å². The summed E-state index contributed by atoms with van der Waals surface area (Å²) in [6.45, 7) is 3.42. The Morgan fingerprint density at radius 2 is 2.29 bits per heavy atom. The molecule has 2 unspecified atom stereocenters. The Labute approximate surface area is 102 Å². The number of aromatic nitrogens is 1. The second kappa shape index (κ2) is 5.36.